The van der Waals surface area contributed by atoms with Crippen LogP contribution in [0, 0.1) is 18.7 Å². The third-order valence-corrected chi connectivity index (χ3v) is 4.52. The Bertz CT molecular complexity index is 394. The van der Waals surface area contributed by atoms with Crippen LogP contribution in [-0.2, 0) is 6.42 Å². The van der Waals surface area contributed by atoms with E-state index in [1.165, 1.54) is 51.0 Å². The standard InChI is InChI=1S/C17H26FN/c1-13-9-10-16(18)11-15(13)12-17(19)14-7-5-3-2-4-6-8-14/h9-11,14,17H,2-8,12,19H2,1H3. The summed E-state index contributed by atoms with van der Waals surface area (Å²) in [6.45, 7) is 2.04. The van der Waals surface area contributed by atoms with E-state index in [1.807, 2.05) is 13.0 Å². The lowest BCUT2D eigenvalue weighted by Crippen LogP contribution is -2.33. The Morgan fingerprint density at radius 1 is 1.16 bits per heavy atom. The van der Waals surface area contributed by atoms with Gasteiger partial charge < -0.3 is 5.73 Å². The molecule has 0 radical (unpaired) electrons. The Hall–Kier alpha value is -0.890. The molecule has 1 fully saturated rings. The summed E-state index contributed by atoms with van der Waals surface area (Å²) in [4.78, 5) is 0. The van der Waals surface area contributed by atoms with Crippen molar-refractivity contribution in [1.82, 2.24) is 0 Å². The first kappa shape index (κ1) is 14.5. The zero-order chi connectivity index (χ0) is 13.7. The normalized spacial score (nSPS) is 19.7. The zero-order valence-corrected chi connectivity index (χ0v) is 12.0. The molecule has 106 valence electrons. The van der Waals surface area contributed by atoms with Gasteiger partial charge in [0.15, 0.2) is 0 Å². The minimum Gasteiger partial charge on any atom is -0.327 e. The number of rotatable bonds is 3. The molecule has 2 N–H and O–H groups in total. The molecule has 0 spiro atoms. The Morgan fingerprint density at radius 2 is 1.79 bits per heavy atom. The van der Waals surface area contributed by atoms with Gasteiger partial charge in [-0.05, 0) is 55.4 Å². The summed E-state index contributed by atoms with van der Waals surface area (Å²) in [6.07, 6.45) is 10.00. The number of hydrogen-bond acceptors (Lipinski definition) is 1. The lowest BCUT2D eigenvalue weighted by molar-refractivity contribution is 0.321. The molecule has 1 aliphatic rings. The van der Waals surface area contributed by atoms with Crippen LogP contribution < -0.4 is 5.73 Å². The molecule has 0 amide bonds. The molecule has 0 aliphatic heterocycles. The van der Waals surface area contributed by atoms with Crippen LogP contribution in [0.3, 0.4) is 0 Å². The molecule has 1 aromatic rings. The molecule has 0 heterocycles. The molecule has 1 atom stereocenters. The van der Waals surface area contributed by atoms with Crippen LogP contribution in [0.15, 0.2) is 18.2 Å². The zero-order valence-electron chi connectivity index (χ0n) is 12.0. The van der Waals surface area contributed by atoms with Crippen LogP contribution in [0.2, 0.25) is 0 Å². The fourth-order valence-corrected chi connectivity index (χ4v) is 3.20. The lowest BCUT2D eigenvalue weighted by Gasteiger charge is -2.26. The highest BCUT2D eigenvalue weighted by atomic mass is 19.1. The third kappa shape index (κ3) is 4.31. The molecular weight excluding hydrogens is 237 g/mol. The summed E-state index contributed by atoms with van der Waals surface area (Å²) in [5, 5.41) is 0. The second-order valence-electron chi connectivity index (χ2n) is 6.04. The van der Waals surface area contributed by atoms with Crippen molar-refractivity contribution in [2.24, 2.45) is 11.7 Å². The van der Waals surface area contributed by atoms with E-state index in [9.17, 15) is 4.39 Å². The molecule has 0 aromatic heterocycles. The minimum atomic E-state index is -0.148. The summed E-state index contributed by atoms with van der Waals surface area (Å²) in [5.74, 6) is 0.466. The topological polar surface area (TPSA) is 26.0 Å². The highest BCUT2D eigenvalue weighted by molar-refractivity contribution is 5.27. The Morgan fingerprint density at radius 3 is 2.47 bits per heavy atom. The largest absolute Gasteiger partial charge is 0.327 e. The second kappa shape index (κ2) is 7.04. The van der Waals surface area contributed by atoms with Gasteiger partial charge in [-0.15, -0.1) is 0 Å². The highest BCUT2D eigenvalue weighted by Gasteiger charge is 2.19. The molecule has 2 heteroatoms. The fourth-order valence-electron chi connectivity index (χ4n) is 3.20. The number of aryl methyl sites for hydroxylation is 1. The van der Waals surface area contributed by atoms with Gasteiger partial charge in [0.05, 0.1) is 0 Å². The van der Waals surface area contributed by atoms with E-state index < -0.39 is 0 Å². The second-order valence-corrected chi connectivity index (χ2v) is 6.04. The first-order valence-electron chi connectivity index (χ1n) is 7.67. The Balaban J connectivity index is 1.98. The summed E-state index contributed by atoms with van der Waals surface area (Å²) >= 11 is 0. The van der Waals surface area contributed by atoms with Gasteiger partial charge in [0.1, 0.15) is 5.82 Å². The maximum Gasteiger partial charge on any atom is 0.123 e. The predicted octanol–water partition coefficient (Wildman–Crippen LogP) is 4.36. The van der Waals surface area contributed by atoms with Gasteiger partial charge in [-0.25, -0.2) is 4.39 Å². The van der Waals surface area contributed by atoms with Gasteiger partial charge in [0.25, 0.3) is 0 Å². The molecule has 1 nitrogen and oxygen atoms in total. The third-order valence-electron chi connectivity index (χ3n) is 4.52. The molecule has 19 heavy (non-hydrogen) atoms. The molecule has 1 aromatic carbocycles. The quantitative estimate of drug-likeness (QED) is 0.861. The van der Waals surface area contributed by atoms with Crippen LogP contribution in [0.4, 0.5) is 4.39 Å². The van der Waals surface area contributed by atoms with Crippen molar-refractivity contribution in [1.29, 1.82) is 0 Å². The van der Waals surface area contributed by atoms with Crippen molar-refractivity contribution in [2.45, 2.75) is 64.3 Å². The lowest BCUT2D eigenvalue weighted by atomic mass is 9.83. The summed E-state index contributed by atoms with van der Waals surface area (Å²) < 4.78 is 13.3. The van der Waals surface area contributed by atoms with Crippen molar-refractivity contribution >= 4 is 0 Å². The molecular formula is C17H26FN. The maximum absolute atomic E-state index is 13.3. The van der Waals surface area contributed by atoms with E-state index in [0.29, 0.717) is 5.92 Å². The number of nitrogens with two attached hydrogens (primary N) is 1. The number of halogens is 1. The molecule has 0 bridgehead atoms. The first-order chi connectivity index (χ1) is 9.16. The molecule has 2 rings (SSSR count). The van der Waals surface area contributed by atoms with Crippen LogP contribution in [0.5, 0.6) is 0 Å². The van der Waals surface area contributed by atoms with Crippen LogP contribution >= 0.6 is 0 Å². The van der Waals surface area contributed by atoms with Crippen LogP contribution in [-0.4, -0.2) is 6.04 Å². The monoisotopic (exact) mass is 263 g/mol. The van der Waals surface area contributed by atoms with E-state index in [0.717, 1.165) is 17.5 Å². The molecule has 0 saturated heterocycles. The summed E-state index contributed by atoms with van der Waals surface area (Å²) in [7, 11) is 0. The average Bonchev–Trinajstić information content (AvgIpc) is 2.33. The molecule has 1 aliphatic carbocycles. The van der Waals surface area contributed by atoms with E-state index >= 15 is 0 Å². The van der Waals surface area contributed by atoms with Crippen molar-refractivity contribution in [3.8, 4) is 0 Å². The number of hydrogen-bond donors (Lipinski definition) is 1. The van der Waals surface area contributed by atoms with E-state index in [2.05, 4.69) is 0 Å². The fraction of sp³-hybridized carbons (Fsp3) is 0.647. The predicted molar refractivity (Wildman–Crippen MR) is 78.6 cm³/mol. The van der Waals surface area contributed by atoms with Crippen LogP contribution in [0.25, 0.3) is 0 Å². The van der Waals surface area contributed by atoms with Gasteiger partial charge in [0, 0.05) is 6.04 Å². The van der Waals surface area contributed by atoms with Crippen LogP contribution in [0.1, 0.15) is 56.1 Å². The molecule has 1 saturated carbocycles. The highest BCUT2D eigenvalue weighted by Crippen LogP contribution is 2.26. The van der Waals surface area contributed by atoms with E-state index in [-0.39, 0.29) is 11.9 Å². The van der Waals surface area contributed by atoms with Gasteiger partial charge in [-0.1, -0.05) is 38.2 Å². The smallest absolute Gasteiger partial charge is 0.123 e. The van der Waals surface area contributed by atoms with E-state index in [4.69, 9.17) is 5.73 Å². The summed E-state index contributed by atoms with van der Waals surface area (Å²) in [5.41, 5.74) is 8.63. The van der Waals surface area contributed by atoms with Crippen molar-refractivity contribution in [3.63, 3.8) is 0 Å². The minimum absolute atomic E-state index is 0.148. The summed E-state index contributed by atoms with van der Waals surface area (Å²) in [6, 6.07) is 5.21. The van der Waals surface area contributed by atoms with Gasteiger partial charge in [-0.3, -0.25) is 0 Å². The maximum atomic E-state index is 13.3. The Kier molecular flexibility index (Phi) is 5.38. The van der Waals surface area contributed by atoms with Gasteiger partial charge >= 0.3 is 0 Å². The number of benzene rings is 1. The van der Waals surface area contributed by atoms with Gasteiger partial charge in [0.2, 0.25) is 0 Å². The van der Waals surface area contributed by atoms with E-state index in [1.54, 1.807) is 6.07 Å². The van der Waals surface area contributed by atoms with Crippen molar-refractivity contribution < 1.29 is 4.39 Å². The van der Waals surface area contributed by atoms with Gasteiger partial charge in [-0.2, -0.15) is 0 Å². The van der Waals surface area contributed by atoms with Crippen molar-refractivity contribution in [3.05, 3.63) is 35.1 Å². The van der Waals surface area contributed by atoms with Crippen molar-refractivity contribution in [2.75, 3.05) is 0 Å². The average molecular weight is 263 g/mol. The Labute approximate surface area is 116 Å². The first-order valence-corrected chi connectivity index (χ1v) is 7.67. The SMILES string of the molecule is Cc1ccc(F)cc1CC(N)C1CCCCCCC1. The molecule has 1 unspecified atom stereocenters.